The van der Waals surface area contributed by atoms with Gasteiger partial charge in [0, 0.05) is 53.7 Å². The van der Waals surface area contributed by atoms with Crippen molar-refractivity contribution >= 4 is 11.9 Å². The SMILES string of the molecule is Cc1cc2c(c(OC(=O)CCC3CCCCC3)c1C)[C@H]1C3Cc4c(O)c(C)c5c(c4[C@H](CNC(=O)CCC4CCCCC4)N3[C@@H](C#N)[C@H](C2)N1C)OCO5. The van der Waals surface area contributed by atoms with Gasteiger partial charge in [0.1, 0.15) is 17.5 Å². The highest BCUT2D eigenvalue weighted by Gasteiger charge is 2.56. The number of benzene rings is 2. The molecule has 6 aliphatic rings. The van der Waals surface area contributed by atoms with Gasteiger partial charge in [-0.1, -0.05) is 70.3 Å². The van der Waals surface area contributed by atoms with Crippen molar-refractivity contribution in [1.82, 2.24) is 15.1 Å². The van der Waals surface area contributed by atoms with Crippen LogP contribution in [0.2, 0.25) is 0 Å². The minimum Gasteiger partial charge on any atom is -0.507 e. The lowest BCUT2D eigenvalue weighted by Gasteiger charge is -2.60. The van der Waals surface area contributed by atoms with Crippen molar-refractivity contribution in [1.29, 1.82) is 5.26 Å². The second kappa shape index (κ2) is 15.4. The Hall–Kier alpha value is -3.81. The van der Waals surface area contributed by atoms with E-state index in [1.165, 1.54) is 64.2 Å². The predicted octanol–water partition coefficient (Wildman–Crippen LogP) is 7.56. The van der Waals surface area contributed by atoms with Crippen LogP contribution in [0.25, 0.3) is 0 Å². The summed E-state index contributed by atoms with van der Waals surface area (Å²) in [6, 6.07) is 3.33. The van der Waals surface area contributed by atoms with E-state index in [1.807, 2.05) is 13.8 Å². The van der Waals surface area contributed by atoms with Crippen molar-refractivity contribution < 1.29 is 28.9 Å². The van der Waals surface area contributed by atoms with Gasteiger partial charge < -0.3 is 24.6 Å². The molecule has 2 N–H and O–H groups in total. The molecule has 8 rings (SSSR count). The molecule has 290 valence electrons. The van der Waals surface area contributed by atoms with Gasteiger partial charge in [0.25, 0.3) is 0 Å². The molecule has 3 fully saturated rings. The van der Waals surface area contributed by atoms with Crippen LogP contribution >= 0.6 is 0 Å². The van der Waals surface area contributed by atoms with E-state index in [-0.39, 0.29) is 49.1 Å². The van der Waals surface area contributed by atoms with E-state index in [0.29, 0.717) is 60.3 Å². The normalized spacial score (nSPS) is 26.7. The number of amides is 1. The highest BCUT2D eigenvalue weighted by molar-refractivity contribution is 5.76. The number of likely N-dealkylation sites (N-methyl/N-ethyl adjacent to an activating group) is 1. The van der Waals surface area contributed by atoms with Gasteiger partial charge in [-0.15, -0.1) is 0 Å². The molecule has 4 heterocycles. The summed E-state index contributed by atoms with van der Waals surface area (Å²) in [5.74, 6) is 2.95. The molecule has 10 heteroatoms. The number of carbonyl (C=O) groups is 2. The first-order valence-electron chi connectivity index (χ1n) is 20.8. The fourth-order valence-corrected chi connectivity index (χ4v) is 11.1. The molecule has 0 radical (unpaired) electrons. The number of carbonyl (C=O) groups excluding carboxylic acids is 2. The van der Waals surface area contributed by atoms with E-state index >= 15 is 0 Å². The molecule has 1 unspecified atom stereocenters. The van der Waals surface area contributed by atoms with Gasteiger partial charge in [0.05, 0.1) is 18.2 Å². The summed E-state index contributed by atoms with van der Waals surface area (Å²) < 4.78 is 18.5. The summed E-state index contributed by atoms with van der Waals surface area (Å²) in [4.78, 5) is 31.8. The molecule has 0 spiro atoms. The van der Waals surface area contributed by atoms with Gasteiger partial charge in [-0.2, -0.15) is 5.26 Å². The number of piperazine rings is 1. The molecule has 1 amide bonds. The standard InChI is InChI=1S/C44H58N4O6/c1-25-19-30-20-32-34(22-45)48-33(40(47(32)4)38(30)42(26(25)2)54-37(50)18-16-29-13-9-6-10-14-29)21-31-39(44-43(52-24-53-44)27(3)41(31)51)35(48)23-46-36(49)17-15-28-11-7-5-8-12-28/h19,28-29,32-35,40,51H,5-18,20-21,23-24H2,1-4H3,(H,46,49)/t32-,33?,34-,35-,40+/m0/s1. The van der Waals surface area contributed by atoms with Gasteiger partial charge in [-0.25, -0.2) is 0 Å². The van der Waals surface area contributed by atoms with Crippen LogP contribution < -0.4 is 19.5 Å². The lowest BCUT2D eigenvalue weighted by atomic mass is 9.71. The molecule has 2 aromatic carbocycles. The Morgan fingerprint density at radius 3 is 2.26 bits per heavy atom. The molecular weight excluding hydrogens is 681 g/mol. The summed E-state index contributed by atoms with van der Waals surface area (Å²) in [5.41, 5.74) is 6.35. The third-order valence-corrected chi connectivity index (χ3v) is 14.1. The summed E-state index contributed by atoms with van der Waals surface area (Å²) >= 11 is 0. The minimum atomic E-state index is -0.508. The predicted molar refractivity (Wildman–Crippen MR) is 205 cm³/mol. The highest BCUT2D eigenvalue weighted by Crippen LogP contribution is 2.57. The second-order valence-electron chi connectivity index (χ2n) is 17.2. The van der Waals surface area contributed by atoms with Crippen LogP contribution in [0.4, 0.5) is 0 Å². The van der Waals surface area contributed by atoms with Crippen LogP contribution in [0.3, 0.4) is 0 Å². The molecule has 10 nitrogen and oxygen atoms in total. The average Bonchev–Trinajstić information content (AvgIpc) is 3.67. The van der Waals surface area contributed by atoms with Gasteiger partial charge in [0.15, 0.2) is 11.5 Å². The number of fused-ring (bicyclic) bond motifs is 9. The van der Waals surface area contributed by atoms with Crippen molar-refractivity contribution in [3.63, 3.8) is 0 Å². The Bertz CT molecular complexity index is 1820. The van der Waals surface area contributed by atoms with Gasteiger partial charge in [-0.3, -0.25) is 19.4 Å². The van der Waals surface area contributed by atoms with Crippen molar-refractivity contribution in [2.24, 2.45) is 11.8 Å². The van der Waals surface area contributed by atoms with E-state index in [4.69, 9.17) is 14.2 Å². The zero-order valence-electron chi connectivity index (χ0n) is 32.7. The number of esters is 1. The third-order valence-electron chi connectivity index (χ3n) is 14.1. The summed E-state index contributed by atoms with van der Waals surface area (Å²) in [5, 5.41) is 26.2. The van der Waals surface area contributed by atoms with Crippen molar-refractivity contribution in [2.45, 2.75) is 154 Å². The quantitative estimate of drug-likeness (QED) is 0.198. The first-order chi connectivity index (χ1) is 26.2. The largest absolute Gasteiger partial charge is 0.507 e. The number of aromatic hydroxyl groups is 1. The van der Waals surface area contributed by atoms with Crippen LogP contribution in [0.1, 0.15) is 141 Å². The van der Waals surface area contributed by atoms with E-state index in [1.54, 1.807) is 0 Å². The number of phenolic OH excluding ortho intramolecular Hbond substituents is 1. The maximum atomic E-state index is 13.7. The first kappa shape index (κ1) is 37.1. The van der Waals surface area contributed by atoms with Crippen LogP contribution in [-0.4, -0.2) is 65.3 Å². The minimum absolute atomic E-state index is 0.0103. The smallest absolute Gasteiger partial charge is 0.311 e. The van der Waals surface area contributed by atoms with E-state index in [2.05, 4.69) is 41.2 Å². The average molecular weight is 739 g/mol. The number of rotatable bonds is 9. The fraction of sp³-hybridized carbons (Fsp3) is 0.659. The maximum absolute atomic E-state index is 13.7. The Labute approximate surface area is 320 Å². The van der Waals surface area contributed by atoms with E-state index in [9.17, 15) is 20.0 Å². The zero-order chi connectivity index (χ0) is 37.7. The number of nitrogens with zero attached hydrogens (tertiary/aromatic N) is 3. The molecule has 5 atom stereocenters. The lowest BCUT2D eigenvalue weighted by Crippen LogP contribution is -2.68. The Morgan fingerprint density at radius 1 is 0.907 bits per heavy atom. The van der Waals surface area contributed by atoms with Crippen LogP contribution in [0, 0.1) is 43.9 Å². The summed E-state index contributed by atoms with van der Waals surface area (Å²) in [6.07, 6.45) is 16.0. The van der Waals surface area contributed by atoms with E-state index < -0.39 is 12.1 Å². The van der Waals surface area contributed by atoms with E-state index in [0.717, 1.165) is 46.2 Å². The maximum Gasteiger partial charge on any atom is 0.311 e. The number of nitriles is 1. The number of phenols is 1. The molecule has 0 aromatic heterocycles. The topological polar surface area (TPSA) is 124 Å². The molecule has 2 aromatic rings. The van der Waals surface area contributed by atoms with Crippen molar-refractivity contribution in [2.75, 3.05) is 20.4 Å². The second-order valence-corrected chi connectivity index (χ2v) is 17.2. The fourth-order valence-electron chi connectivity index (χ4n) is 11.1. The van der Waals surface area contributed by atoms with Gasteiger partial charge in [-0.05, 0) is 82.0 Å². The van der Waals surface area contributed by atoms with Crippen LogP contribution in [-0.2, 0) is 22.4 Å². The molecule has 2 bridgehead atoms. The monoisotopic (exact) mass is 738 g/mol. The Morgan fingerprint density at radius 2 is 1.57 bits per heavy atom. The number of hydrogen-bond donors (Lipinski definition) is 2. The van der Waals surface area contributed by atoms with Crippen molar-refractivity contribution in [3.05, 3.63) is 45.0 Å². The summed E-state index contributed by atoms with van der Waals surface area (Å²) in [6.45, 7) is 6.29. The molecule has 2 aliphatic carbocycles. The lowest BCUT2D eigenvalue weighted by molar-refractivity contribution is -0.135. The molecule has 54 heavy (non-hydrogen) atoms. The number of aryl methyl sites for hydroxylation is 1. The van der Waals surface area contributed by atoms with Crippen molar-refractivity contribution in [3.8, 4) is 29.1 Å². The van der Waals surface area contributed by atoms with Crippen LogP contribution in [0.5, 0.6) is 23.0 Å². The summed E-state index contributed by atoms with van der Waals surface area (Å²) in [7, 11) is 2.09. The highest BCUT2D eigenvalue weighted by atomic mass is 16.7. The molecule has 2 saturated carbocycles. The third kappa shape index (κ3) is 6.63. The Balaban J connectivity index is 1.16. The van der Waals surface area contributed by atoms with Gasteiger partial charge >= 0.3 is 5.97 Å². The molecular formula is C44H58N4O6. The zero-order valence-corrected chi connectivity index (χ0v) is 32.7. The van der Waals surface area contributed by atoms with Crippen LogP contribution in [0.15, 0.2) is 6.07 Å². The van der Waals surface area contributed by atoms with Gasteiger partial charge in [0.2, 0.25) is 12.7 Å². The number of nitrogens with one attached hydrogen (secondary N) is 1. The number of hydrogen-bond acceptors (Lipinski definition) is 9. The molecule has 1 saturated heterocycles. The molecule has 4 aliphatic heterocycles. The first-order valence-corrected chi connectivity index (χ1v) is 20.8. The number of ether oxygens (including phenoxy) is 3. The Kier molecular flexibility index (Phi) is 10.6.